The molecule has 4 aliphatic rings. The third kappa shape index (κ3) is 2.45. The first kappa shape index (κ1) is 18.5. The van der Waals surface area contributed by atoms with Gasteiger partial charge in [0.2, 0.25) is 0 Å². The van der Waals surface area contributed by atoms with E-state index in [-0.39, 0.29) is 0 Å². The van der Waals surface area contributed by atoms with Crippen molar-refractivity contribution >= 4 is 5.78 Å². The molecule has 7 unspecified atom stereocenters. The van der Waals surface area contributed by atoms with Crippen LogP contribution in [0.4, 0.5) is 0 Å². The number of carbonyl (C=O) groups is 1. The van der Waals surface area contributed by atoms with Gasteiger partial charge in [-0.3, -0.25) is 4.79 Å². The summed E-state index contributed by atoms with van der Waals surface area (Å²) in [5, 5.41) is 9.06. The molecule has 26 heavy (non-hydrogen) atoms. The fraction of sp³-hybridized carbons (Fsp3) is 0.917. The molecule has 4 rings (SSSR count). The van der Waals surface area contributed by atoms with Crippen molar-refractivity contribution in [3.05, 3.63) is 0 Å². The highest BCUT2D eigenvalue weighted by atomic mass is 16.1. The molecule has 2 heteroatoms. The van der Waals surface area contributed by atoms with Crippen LogP contribution in [0.5, 0.6) is 0 Å². The number of nitrogens with zero attached hydrogens (tertiary/aromatic N) is 1. The first-order valence-corrected chi connectivity index (χ1v) is 11.4. The van der Waals surface area contributed by atoms with Crippen LogP contribution in [-0.2, 0) is 4.79 Å². The maximum atomic E-state index is 13.7. The lowest BCUT2D eigenvalue weighted by molar-refractivity contribution is -0.167. The van der Waals surface area contributed by atoms with E-state index in [1.54, 1.807) is 0 Å². The molecule has 0 bridgehead atoms. The first-order chi connectivity index (χ1) is 12.5. The summed E-state index contributed by atoms with van der Waals surface area (Å²) in [6.45, 7) is 7.30. The largest absolute Gasteiger partial charge is 0.299 e. The standard InChI is InChI=1S/C24H37NO/c1-4-17-18-9-5-6-13-24(18,3)20-12-14-23(2)16(8-7-15-25)10-11-19(23)21(20)22(17)26/h16-21H,4-14H2,1-3H3/t16?,17-,18?,19?,20?,21?,23?,24?/m0/s1. The zero-order chi connectivity index (χ0) is 18.5. The van der Waals surface area contributed by atoms with Crippen molar-refractivity contribution < 1.29 is 4.79 Å². The van der Waals surface area contributed by atoms with Gasteiger partial charge in [0.15, 0.2) is 0 Å². The van der Waals surface area contributed by atoms with Crippen LogP contribution in [0, 0.1) is 57.7 Å². The summed E-state index contributed by atoms with van der Waals surface area (Å²) >= 11 is 0. The summed E-state index contributed by atoms with van der Waals surface area (Å²) in [5.74, 6) is 3.83. The molecule has 4 aliphatic carbocycles. The molecule has 4 fully saturated rings. The molecule has 4 saturated carbocycles. The normalized spacial score (nSPS) is 50.5. The third-order valence-electron chi connectivity index (χ3n) is 9.87. The van der Waals surface area contributed by atoms with Crippen molar-refractivity contribution in [2.45, 2.75) is 91.4 Å². The van der Waals surface area contributed by atoms with E-state index in [2.05, 4.69) is 26.8 Å². The summed E-state index contributed by atoms with van der Waals surface area (Å²) in [4.78, 5) is 13.7. The highest BCUT2D eigenvalue weighted by Crippen LogP contribution is 2.68. The van der Waals surface area contributed by atoms with Crippen molar-refractivity contribution in [3.8, 4) is 6.07 Å². The highest BCUT2D eigenvalue weighted by molar-refractivity contribution is 5.86. The Balaban J connectivity index is 1.68. The SMILES string of the molecule is CC[C@@H]1C(=O)C2C3CCC(CCC#N)C3(C)CCC2C2(C)CCCCC12. The van der Waals surface area contributed by atoms with Crippen LogP contribution in [0.1, 0.15) is 91.4 Å². The number of nitriles is 1. The summed E-state index contributed by atoms with van der Waals surface area (Å²) in [5.41, 5.74) is 0.716. The molecule has 0 aromatic rings. The lowest BCUT2D eigenvalue weighted by atomic mass is 9.42. The summed E-state index contributed by atoms with van der Waals surface area (Å²) in [6, 6.07) is 2.36. The molecule has 0 aromatic carbocycles. The van der Waals surface area contributed by atoms with Gasteiger partial charge in [-0.15, -0.1) is 0 Å². The van der Waals surface area contributed by atoms with Crippen molar-refractivity contribution in [1.29, 1.82) is 5.26 Å². The monoisotopic (exact) mass is 355 g/mol. The van der Waals surface area contributed by atoms with Gasteiger partial charge in [0.25, 0.3) is 0 Å². The zero-order valence-corrected chi connectivity index (χ0v) is 17.1. The second kappa shape index (κ2) is 6.65. The number of rotatable bonds is 3. The van der Waals surface area contributed by atoms with E-state index in [0.717, 1.165) is 12.8 Å². The maximum absolute atomic E-state index is 13.7. The summed E-state index contributed by atoms with van der Waals surface area (Å²) < 4.78 is 0. The fourth-order valence-corrected chi connectivity index (χ4v) is 8.54. The van der Waals surface area contributed by atoms with Crippen LogP contribution in [0.3, 0.4) is 0 Å². The Morgan fingerprint density at radius 2 is 1.77 bits per heavy atom. The number of Topliss-reactive ketones (excluding diaryl/α,β-unsaturated/α-hetero) is 1. The van der Waals surface area contributed by atoms with Gasteiger partial charge >= 0.3 is 0 Å². The molecule has 0 radical (unpaired) electrons. The van der Waals surface area contributed by atoms with E-state index < -0.39 is 0 Å². The topological polar surface area (TPSA) is 40.9 Å². The minimum atomic E-state index is 0.309. The first-order valence-electron chi connectivity index (χ1n) is 11.4. The molecule has 0 saturated heterocycles. The van der Waals surface area contributed by atoms with Crippen LogP contribution in [0.25, 0.3) is 0 Å². The molecule has 0 amide bonds. The van der Waals surface area contributed by atoms with E-state index in [9.17, 15) is 4.79 Å². The minimum absolute atomic E-state index is 0.309. The Morgan fingerprint density at radius 1 is 1.00 bits per heavy atom. The Bertz CT molecular complexity index is 606. The van der Waals surface area contributed by atoms with E-state index in [4.69, 9.17) is 5.26 Å². The van der Waals surface area contributed by atoms with Crippen LogP contribution >= 0.6 is 0 Å². The number of ketones is 1. The Kier molecular flexibility index (Phi) is 4.73. The second-order valence-corrected chi connectivity index (χ2v) is 10.5. The van der Waals surface area contributed by atoms with Gasteiger partial charge in [-0.05, 0) is 85.9 Å². The Morgan fingerprint density at radius 3 is 2.50 bits per heavy atom. The molecule has 0 aliphatic heterocycles. The van der Waals surface area contributed by atoms with Crippen LogP contribution < -0.4 is 0 Å². The lowest BCUT2D eigenvalue weighted by Gasteiger charge is -2.61. The van der Waals surface area contributed by atoms with Gasteiger partial charge in [-0.1, -0.05) is 33.6 Å². The predicted molar refractivity (Wildman–Crippen MR) is 104 cm³/mol. The predicted octanol–water partition coefficient (Wildman–Crippen LogP) is 6.15. The number of fused-ring (bicyclic) bond motifs is 5. The fourth-order valence-electron chi connectivity index (χ4n) is 8.54. The van der Waals surface area contributed by atoms with Gasteiger partial charge in [0, 0.05) is 18.3 Å². The maximum Gasteiger partial charge on any atom is 0.139 e. The number of hydrogen-bond acceptors (Lipinski definition) is 2. The van der Waals surface area contributed by atoms with Crippen LogP contribution in [-0.4, -0.2) is 5.78 Å². The summed E-state index contributed by atoms with van der Waals surface area (Å²) in [6.07, 6.45) is 13.2. The molecule has 8 atom stereocenters. The molecule has 0 heterocycles. The molecule has 0 spiro atoms. The van der Waals surface area contributed by atoms with Gasteiger partial charge in [-0.25, -0.2) is 0 Å². The van der Waals surface area contributed by atoms with Gasteiger partial charge in [0.1, 0.15) is 5.78 Å². The molecule has 144 valence electrons. The quantitative estimate of drug-likeness (QED) is 0.609. The number of carbonyl (C=O) groups excluding carboxylic acids is 1. The molecular weight excluding hydrogens is 318 g/mol. The summed E-state index contributed by atoms with van der Waals surface area (Å²) in [7, 11) is 0. The van der Waals surface area contributed by atoms with Gasteiger partial charge in [-0.2, -0.15) is 5.26 Å². The van der Waals surface area contributed by atoms with Crippen molar-refractivity contribution in [2.75, 3.05) is 0 Å². The van der Waals surface area contributed by atoms with Crippen molar-refractivity contribution in [3.63, 3.8) is 0 Å². The van der Waals surface area contributed by atoms with Gasteiger partial charge in [0.05, 0.1) is 6.07 Å². The average molecular weight is 356 g/mol. The van der Waals surface area contributed by atoms with E-state index >= 15 is 0 Å². The Labute approximate surface area is 160 Å². The average Bonchev–Trinajstić information content (AvgIpc) is 2.97. The molecule has 0 N–H and O–H groups in total. The minimum Gasteiger partial charge on any atom is -0.299 e. The highest BCUT2D eigenvalue weighted by Gasteiger charge is 2.63. The molecule has 0 aromatic heterocycles. The zero-order valence-electron chi connectivity index (χ0n) is 17.1. The van der Waals surface area contributed by atoms with Crippen LogP contribution in [0.15, 0.2) is 0 Å². The lowest BCUT2D eigenvalue weighted by Crippen LogP contribution is -2.59. The smallest absolute Gasteiger partial charge is 0.139 e. The molecule has 2 nitrogen and oxygen atoms in total. The van der Waals surface area contributed by atoms with Gasteiger partial charge < -0.3 is 0 Å². The number of hydrogen-bond donors (Lipinski definition) is 0. The van der Waals surface area contributed by atoms with E-state index in [1.807, 2.05) is 0 Å². The third-order valence-corrected chi connectivity index (χ3v) is 9.87. The second-order valence-electron chi connectivity index (χ2n) is 10.5. The molecular formula is C24H37NO. The Hall–Kier alpha value is -0.840. The van der Waals surface area contributed by atoms with Crippen molar-refractivity contribution in [1.82, 2.24) is 0 Å². The van der Waals surface area contributed by atoms with Crippen molar-refractivity contribution in [2.24, 2.45) is 46.3 Å². The van der Waals surface area contributed by atoms with Crippen LogP contribution in [0.2, 0.25) is 0 Å². The van der Waals surface area contributed by atoms with E-state index in [1.165, 1.54) is 51.4 Å². The van der Waals surface area contributed by atoms with E-state index in [0.29, 0.717) is 58.5 Å².